The maximum atomic E-state index is 13.6. The van der Waals surface area contributed by atoms with Crippen molar-refractivity contribution in [2.24, 2.45) is 5.73 Å². The van der Waals surface area contributed by atoms with Crippen LogP contribution in [-0.4, -0.2) is 65.5 Å². The molecule has 0 spiro atoms. The van der Waals surface area contributed by atoms with Crippen LogP contribution in [0.15, 0.2) is 36.4 Å². The lowest BCUT2D eigenvalue weighted by Gasteiger charge is -2.40. The number of rotatable bonds is 6. The van der Waals surface area contributed by atoms with Crippen LogP contribution in [0, 0.1) is 0 Å². The number of carbonyl (C=O) groups excluding carboxylic acids is 3. The molecule has 0 aromatic heterocycles. The van der Waals surface area contributed by atoms with E-state index in [9.17, 15) is 24.4 Å². The Morgan fingerprint density at radius 1 is 0.944 bits per heavy atom. The van der Waals surface area contributed by atoms with Crippen LogP contribution in [0.1, 0.15) is 57.5 Å². The van der Waals surface area contributed by atoms with Gasteiger partial charge in [-0.05, 0) is 59.2 Å². The van der Waals surface area contributed by atoms with E-state index < -0.39 is 38.1 Å². The van der Waals surface area contributed by atoms with Gasteiger partial charge in [-0.3, -0.25) is 14.4 Å². The minimum atomic E-state index is -1.10. The molecule has 1 saturated carbocycles. The molecule has 0 saturated heterocycles. The standard InChI is InChI=1S/C24H27B2N3O7/c27-22(30)11-29(24(32)15-6-8-17-13-36-26(34)19(17)10-15)21-4-2-1-3-20(21)28-23(31)14-5-7-16-12-35-25(33)18(16)9-14/h5-10,20-21,33-34H,1-4,11-13H2,(H2,27,30)(H,28,31). The largest absolute Gasteiger partial charge is 0.491 e. The van der Waals surface area contributed by atoms with E-state index in [0.29, 0.717) is 41.5 Å². The first-order valence-electron chi connectivity index (χ1n) is 12.1. The molecule has 2 atom stereocenters. The lowest BCUT2D eigenvalue weighted by atomic mass is 9.78. The fourth-order valence-electron chi connectivity index (χ4n) is 5.28. The first kappa shape index (κ1) is 24.5. The van der Waals surface area contributed by atoms with Crippen molar-refractivity contribution in [2.45, 2.75) is 51.0 Å². The van der Waals surface area contributed by atoms with Crippen molar-refractivity contribution in [1.82, 2.24) is 10.2 Å². The van der Waals surface area contributed by atoms with E-state index in [1.807, 2.05) is 0 Å². The van der Waals surface area contributed by atoms with Gasteiger partial charge >= 0.3 is 14.2 Å². The zero-order valence-electron chi connectivity index (χ0n) is 19.7. The van der Waals surface area contributed by atoms with Crippen LogP contribution in [0.2, 0.25) is 0 Å². The summed E-state index contributed by atoms with van der Waals surface area (Å²) >= 11 is 0. The van der Waals surface area contributed by atoms with E-state index in [1.165, 1.54) is 4.90 Å². The van der Waals surface area contributed by atoms with Gasteiger partial charge in [0.25, 0.3) is 11.8 Å². The average molecular weight is 491 g/mol. The normalized spacial score (nSPS) is 20.6. The molecule has 0 radical (unpaired) electrons. The van der Waals surface area contributed by atoms with Crippen molar-refractivity contribution < 1.29 is 33.7 Å². The van der Waals surface area contributed by atoms with Crippen molar-refractivity contribution >= 4 is 42.9 Å². The number of hydrogen-bond acceptors (Lipinski definition) is 7. The zero-order chi connectivity index (χ0) is 25.4. The number of primary amides is 1. The number of nitrogens with zero attached hydrogens (tertiary/aromatic N) is 1. The summed E-state index contributed by atoms with van der Waals surface area (Å²) in [6.45, 7) is 0.256. The minimum Gasteiger partial charge on any atom is -0.423 e. The molecule has 2 aromatic rings. The van der Waals surface area contributed by atoms with Gasteiger partial charge in [-0.2, -0.15) is 0 Å². The molecule has 3 amide bonds. The van der Waals surface area contributed by atoms with E-state index in [-0.39, 0.29) is 19.1 Å². The Morgan fingerprint density at radius 2 is 1.53 bits per heavy atom. The predicted molar refractivity (Wildman–Crippen MR) is 131 cm³/mol. The van der Waals surface area contributed by atoms with Crippen LogP contribution in [-0.2, 0) is 27.3 Å². The van der Waals surface area contributed by atoms with Gasteiger partial charge in [-0.1, -0.05) is 25.0 Å². The van der Waals surface area contributed by atoms with E-state index >= 15 is 0 Å². The smallest absolute Gasteiger partial charge is 0.423 e. The first-order chi connectivity index (χ1) is 17.3. The lowest BCUT2D eigenvalue weighted by molar-refractivity contribution is -0.119. The fourth-order valence-corrected chi connectivity index (χ4v) is 5.28. The molecule has 2 aliphatic heterocycles. The van der Waals surface area contributed by atoms with Crippen molar-refractivity contribution in [2.75, 3.05) is 6.54 Å². The van der Waals surface area contributed by atoms with Crippen LogP contribution < -0.4 is 22.0 Å². The van der Waals surface area contributed by atoms with Crippen molar-refractivity contribution in [3.05, 3.63) is 58.7 Å². The number of carbonyl (C=O) groups is 3. The molecule has 10 nitrogen and oxygen atoms in total. The molecule has 2 heterocycles. The molecule has 36 heavy (non-hydrogen) atoms. The maximum Gasteiger partial charge on any atom is 0.491 e. The molecule has 1 fully saturated rings. The molecule has 0 bridgehead atoms. The molecule has 3 aliphatic rings. The second kappa shape index (κ2) is 10.1. The second-order valence-electron chi connectivity index (χ2n) is 9.49. The van der Waals surface area contributed by atoms with Crippen molar-refractivity contribution in [3.63, 3.8) is 0 Å². The third-order valence-electron chi connectivity index (χ3n) is 7.16. The van der Waals surface area contributed by atoms with Gasteiger partial charge in [0.05, 0.1) is 25.8 Å². The van der Waals surface area contributed by atoms with Crippen LogP contribution in [0.3, 0.4) is 0 Å². The minimum absolute atomic E-state index is 0.262. The summed E-state index contributed by atoms with van der Waals surface area (Å²) < 4.78 is 10.4. The van der Waals surface area contributed by atoms with Crippen LogP contribution in [0.4, 0.5) is 0 Å². The Bertz CT molecular complexity index is 1210. The monoisotopic (exact) mass is 491 g/mol. The summed E-state index contributed by atoms with van der Waals surface area (Å²) in [4.78, 5) is 40.1. The molecule has 12 heteroatoms. The average Bonchev–Trinajstić information content (AvgIpc) is 3.44. The van der Waals surface area contributed by atoms with Crippen molar-refractivity contribution in [1.29, 1.82) is 0 Å². The van der Waals surface area contributed by atoms with E-state index in [0.717, 1.165) is 24.0 Å². The highest BCUT2D eigenvalue weighted by molar-refractivity contribution is 6.62. The van der Waals surface area contributed by atoms with Gasteiger partial charge in [0.1, 0.15) is 0 Å². The maximum absolute atomic E-state index is 13.6. The number of nitrogens with one attached hydrogen (secondary N) is 1. The highest BCUT2D eigenvalue weighted by Gasteiger charge is 2.37. The quantitative estimate of drug-likeness (QED) is 0.371. The number of hydrogen-bond donors (Lipinski definition) is 4. The number of benzene rings is 2. The fraction of sp³-hybridized carbons (Fsp3) is 0.375. The number of fused-ring (bicyclic) bond motifs is 2. The molecular weight excluding hydrogens is 464 g/mol. The Balaban J connectivity index is 1.38. The molecule has 1 aliphatic carbocycles. The topological polar surface area (TPSA) is 151 Å². The summed E-state index contributed by atoms with van der Waals surface area (Å²) in [5.41, 5.74) is 8.92. The molecule has 2 aromatic carbocycles. The van der Waals surface area contributed by atoms with Gasteiger partial charge in [-0.15, -0.1) is 0 Å². The third kappa shape index (κ3) is 4.77. The van der Waals surface area contributed by atoms with Gasteiger partial charge < -0.3 is 35.3 Å². The molecule has 5 N–H and O–H groups in total. The third-order valence-corrected chi connectivity index (χ3v) is 7.16. The first-order valence-corrected chi connectivity index (χ1v) is 12.1. The highest BCUT2D eigenvalue weighted by atomic mass is 16.5. The van der Waals surface area contributed by atoms with Gasteiger partial charge in [0.2, 0.25) is 5.91 Å². The summed E-state index contributed by atoms with van der Waals surface area (Å²) in [7, 11) is -2.16. The Kier molecular flexibility index (Phi) is 6.85. The summed E-state index contributed by atoms with van der Waals surface area (Å²) in [6, 6.07) is 9.17. The molecule has 2 unspecified atom stereocenters. The van der Waals surface area contributed by atoms with Gasteiger partial charge in [-0.25, -0.2) is 0 Å². The predicted octanol–water partition coefficient (Wildman–Crippen LogP) is -1.21. The van der Waals surface area contributed by atoms with E-state index in [4.69, 9.17) is 15.0 Å². The molecule has 186 valence electrons. The Hall–Kier alpha value is -3.18. The molecule has 5 rings (SSSR count). The highest BCUT2D eigenvalue weighted by Crippen LogP contribution is 2.26. The SMILES string of the molecule is NC(=O)CN(C(=O)c1ccc2c(c1)B(O)OC2)C1CCCCC1NC(=O)c1ccc2c(c1)B(O)OC2. The second-order valence-corrected chi connectivity index (χ2v) is 9.49. The molecular formula is C24H27B2N3O7. The van der Waals surface area contributed by atoms with E-state index in [2.05, 4.69) is 5.32 Å². The number of amides is 3. The Labute approximate surface area is 209 Å². The van der Waals surface area contributed by atoms with Crippen LogP contribution in [0.5, 0.6) is 0 Å². The van der Waals surface area contributed by atoms with Gasteiger partial charge in [0, 0.05) is 17.2 Å². The van der Waals surface area contributed by atoms with Crippen molar-refractivity contribution in [3.8, 4) is 0 Å². The van der Waals surface area contributed by atoms with Crippen LogP contribution in [0.25, 0.3) is 0 Å². The lowest BCUT2D eigenvalue weighted by Crippen LogP contribution is -2.57. The summed E-state index contributed by atoms with van der Waals surface area (Å²) in [5, 5.41) is 23.1. The van der Waals surface area contributed by atoms with Crippen LogP contribution >= 0.6 is 0 Å². The number of nitrogens with two attached hydrogens (primary N) is 1. The Morgan fingerprint density at radius 3 is 2.17 bits per heavy atom. The van der Waals surface area contributed by atoms with E-state index in [1.54, 1.807) is 36.4 Å². The summed E-state index contributed by atoms with van der Waals surface area (Å²) in [5.74, 6) is -1.39. The zero-order valence-corrected chi connectivity index (χ0v) is 19.7. The van der Waals surface area contributed by atoms with Gasteiger partial charge in [0.15, 0.2) is 0 Å². The summed E-state index contributed by atoms with van der Waals surface area (Å²) in [6.07, 6.45) is 2.92.